The average molecular weight is 869 g/mol. The summed E-state index contributed by atoms with van der Waals surface area (Å²) < 4.78 is 31.1. The highest BCUT2D eigenvalue weighted by molar-refractivity contribution is 9.11. The summed E-state index contributed by atoms with van der Waals surface area (Å²) >= 11 is 20.8. The summed E-state index contributed by atoms with van der Waals surface area (Å²) in [7, 11) is 1.26. The molecule has 1 aliphatic heterocycles. The predicted molar refractivity (Wildman–Crippen MR) is 198 cm³/mol. The molecule has 0 N–H and O–H groups in total. The summed E-state index contributed by atoms with van der Waals surface area (Å²) in [6.45, 7) is 5.43. The van der Waals surface area contributed by atoms with Crippen molar-refractivity contribution < 1.29 is 33.3 Å². The van der Waals surface area contributed by atoms with Crippen LogP contribution in [0, 0.1) is 0 Å². The Labute approximate surface area is 318 Å². The number of ether oxygens (including phenoxy) is 5. The number of esters is 2. The van der Waals surface area contributed by atoms with Gasteiger partial charge in [0.2, 0.25) is 0 Å². The maximum absolute atomic E-state index is 14.4. The minimum absolute atomic E-state index is 0.124. The van der Waals surface area contributed by atoms with Crippen molar-refractivity contribution in [3.63, 3.8) is 0 Å². The third-order valence-corrected chi connectivity index (χ3v) is 10.0. The fraction of sp³-hybridized carbons (Fsp3) is 0.257. The molecule has 3 aromatic carbocycles. The molecule has 0 aliphatic carbocycles. The Morgan fingerprint density at radius 2 is 1.78 bits per heavy atom. The van der Waals surface area contributed by atoms with Crippen molar-refractivity contribution in [3.05, 3.63) is 115 Å². The molecule has 0 fully saturated rings. The van der Waals surface area contributed by atoms with Crippen LogP contribution in [0.1, 0.15) is 43.5 Å². The van der Waals surface area contributed by atoms with Gasteiger partial charge in [0, 0.05) is 25.6 Å². The van der Waals surface area contributed by atoms with E-state index in [1.165, 1.54) is 23.0 Å². The molecule has 10 nitrogen and oxygen atoms in total. The van der Waals surface area contributed by atoms with Gasteiger partial charge in [-0.2, -0.15) is 0 Å². The summed E-state index contributed by atoms with van der Waals surface area (Å²) in [4.78, 5) is 44.6. The number of fused-ring (bicyclic) bond motifs is 1. The summed E-state index contributed by atoms with van der Waals surface area (Å²) in [5.74, 6) is -0.0834. The van der Waals surface area contributed by atoms with Crippen LogP contribution in [-0.2, 0) is 25.7 Å². The number of carbonyl (C=O) groups is 2. The second-order valence-corrected chi connectivity index (χ2v) is 14.3. The van der Waals surface area contributed by atoms with Crippen LogP contribution >= 0.6 is 66.4 Å². The molecular weight excluding hydrogens is 839 g/mol. The van der Waals surface area contributed by atoms with E-state index >= 15 is 0 Å². The maximum atomic E-state index is 14.4. The van der Waals surface area contributed by atoms with Gasteiger partial charge in [0.25, 0.3) is 5.56 Å². The molecule has 0 saturated carbocycles. The summed E-state index contributed by atoms with van der Waals surface area (Å²) in [5, 5.41) is 0.972. The second kappa shape index (κ2) is 16.6. The van der Waals surface area contributed by atoms with E-state index in [1.54, 1.807) is 63.2 Å². The molecule has 5 rings (SSSR count). The average Bonchev–Trinajstić information content (AvgIpc) is 3.37. The van der Waals surface area contributed by atoms with Gasteiger partial charge in [-0.15, -0.1) is 0 Å². The zero-order chi connectivity index (χ0) is 36.1. The van der Waals surface area contributed by atoms with Crippen molar-refractivity contribution >= 4 is 84.4 Å². The van der Waals surface area contributed by atoms with Crippen LogP contribution in [0.4, 0.5) is 0 Å². The Hall–Kier alpha value is -3.62. The van der Waals surface area contributed by atoms with Gasteiger partial charge in [-0.1, -0.05) is 62.6 Å². The van der Waals surface area contributed by atoms with E-state index in [4.69, 9.17) is 46.9 Å². The van der Waals surface area contributed by atoms with Crippen LogP contribution in [-0.4, -0.2) is 43.4 Å². The Kier molecular flexibility index (Phi) is 12.5. The van der Waals surface area contributed by atoms with E-state index in [0.29, 0.717) is 57.9 Å². The monoisotopic (exact) mass is 866 g/mol. The lowest BCUT2D eigenvalue weighted by Crippen LogP contribution is -2.40. The third kappa shape index (κ3) is 8.29. The minimum atomic E-state index is -0.918. The van der Waals surface area contributed by atoms with Crippen LogP contribution in [0.3, 0.4) is 0 Å². The number of allylic oxidation sites excluding steroid dienone is 1. The normalized spacial score (nSPS) is 14.2. The first-order valence-electron chi connectivity index (χ1n) is 15.2. The third-order valence-electron chi connectivity index (χ3n) is 7.38. The van der Waals surface area contributed by atoms with E-state index in [2.05, 4.69) is 36.9 Å². The van der Waals surface area contributed by atoms with Gasteiger partial charge >= 0.3 is 11.9 Å². The minimum Gasteiger partial charge on any atom is -0.490 e. The maximum Gasteiger partial charge on any atom is 0.343 e. The number of rotatable bonds is 12. The molecule has 0 saturated heterocycles. The number of halogens is 4. The second-order valence-electron chi connectivity index (χ2n) is 10.6. The first kappa shape index (κ1) is 37.6. The standard InChI is InChI=1S/C35H30Br2Cl2N2O8S/c1-5-46-27-12-19(8-10-26(27)48-17-29(42)45-4)31-30(34(44)47-6-2)18(3)40-35-41(31)33(43)28(50-35)13-21-11-22(36)14-24(37)32(21)49-16-20-7-9-23(38)15-25(20)39/h7-15,31H,5-6,16-17H2,1-4H3/b28-13+/t31-/m0/s1. The fourth-order valence-electron chi connectivity index (χ4n) is 5.15. The largest absolute Gasteiger partial charge is 0.490 e. The molecule has 0 bridgehead atoms. The van der Waals surface area contributed by atoms with Crippen molar-refractivity contribution in [2.24, 2.45) is 4.99 Å². The van der Waals surface area contributed by atoms with Gasteiger partial charge in [-0.05, 0) is 84.7 Å². The quantitative estimate of drug-likeness (QED) is 0.138. The van der Waals surface area contributed by atoms with Crippen molar-refractivity contribution in [1.82, 2.24) is 4.57 Å². The van der Waals surface area contributed by atoms with Crippen molar-refractivity contribution in [2.75, 3.05) is 26.9 Å². The molecule has 0 radical (unpaired) electrons. The van der Waals surface area contributed by atoms with Gasteiger partial charge in [0.15, 0.2) is 22.9 Å². The van der Waals surface area contributed by atoms with Crippen molar-refractivity contribution in [1.29, 1.82) is 0 Å². The molecule has 1 aliphatic rings. The van der Waals surface area contributed by atoms with Gasteiger partial charge in [0.1, 0.15) is 12.4 Å². The lowest BCUT2D eigenvalue weighted by molar-refractivity contribution is -0.143. The van der Waals surface area contributed by atoms with E-state index in [9.17, 15) is 14.4 Å². The summed E-state index contributed by atoms with van der Waals surface area (Å²) in [6, 6.07) is 12.9. The first-order valence-corrected chi connectivity index (χ1v) is 18.3. The van der Waals surface area contributed by atoms with Crippen LogP contribution in [0.15, 0.2) is 78.5 Å². The molecule has 50 heavy (non-hydrogen) atoms. The van der Waals surface area contributed by atoms with Gasteiger partial charge < -0.3 is 23.7 Å². The van der Waals surface area contributed by atoms with E-state index in [-0.39, 0.29) is 37.6 Å². The number of aromatic nitrogens is 1. The zero-order valence-electron chi connectivity index (χ0n) is 27.2. The molecule has 1 aromatic heterocycles. The number of hydrogen-bond donors (Lipinski definition) is 0. The fourth-order valence-corrected chi connectivity index (χ4v) is 8.03. The summed E-state index contributed by atoms with van der Waals surface area (Å²) in [6.07, 6.45) is 1.72. The molecule has 1 atom stereocenters. The smallest absolute Gasteiger partial charge is 0.343 e. The van der Waals surface area contributed by atoms with Crippen molar-refractivity contribution in [3.8, 4) is 17.2 Å². The zero-order valence-corrected chi connectivity index (χ0v) is 32.7. The van der Waals surface area contributed by atoms with E-state index in [0.717, 1.165) is 10.0 Å². The number of benzene rings is 3. The lowest BCUT2D eigenvalue weighted by atomic mass is 9.95. The summed E-state index contributed by atoms with van der Waals surface area (Å²) in [5.41, 5.74) is 2.08. The molecule has 4 aromatic rings. The van der Waals surface area contributed by atoms with Crippen molar-refractivity contribution in [2.45, 2.75) is 33.4 Å². The van der Waals surface area contributed by atoms with Gasteiger partial charge in [-0.3, -0.25) is 9.36 Å². The Morgan fingerprint density at radius 3 is 2.48 bits per heavy atom. The lowest BCUT2D eigenvalue weighted by Gasteiger charge is -2.25. The predicted octanol–water partition coefficient (Wildman–Crippen LogP) is 7.16. The van der Waals surface area contributed by atoms with Crippen LogP contribution in [0.5, 0.6) is 17.2 Å². The highest BCUT2D eigenvalue weighted by Gasteiger charge is 2.34. The number of hydrogen-bond acceptors (Lipinski definition) is 10. The molecule has 2 heterocycles. The Balaban J connectivity index is 1.64. The highest BCUT2D eigenvalue weighted by Crippen LogP contribution is 2.37. The SMILES string of the molecule is CCOC(=O)C1=C(C)N=c2s/c(=C/c3cc(Br)cc(Br)c3OCc3ccc(Cl)cc3Cl)c(=O)n2[C@H]1c1ccc(OCC(=O)OC)c(OCC)c1. The highest BCUT2D eigenvalue weighted by atomic mass is 79.9. The number of carbonyl (C=O) groups excluding carboxylic acids is 2. The molecule has 0 spiro atoms. The van der Waals surface area contributed by atoms with Crippen LogP contribution in [0.25, 0.3) is 6.08 Å². The van der Waals surface area contributed by atoms with Gasteiger partial charge in [-0.25, -0.2) is 14.6 Å². The topological polar surface area (TPSA) is 115 Å². The Bertz CT molecular complexity index is 2180. The number of thiazole rings is 1. The number of methoxy groups -OCH3 is 1. The Morgan fingerprint density at radius 1 is 1.00 bits per heavy atom. The molecule has 15 heteroatoms. The van der Waals surface area contributed by atoms with Crippen LogP contribution < -0.4 is 29.1 Å². The van der Waals surface area contributed by atoms with E-state index in [1.807, 2.05) is 12.1 Å². The molecule has 262 valence electrons. The first-order chi connectivity index (χ1) is 23.9. The van der Waals surface area contributed by atoms with Crippen LogP contribution in [0.2, 0.25) is 10.0 Å². The van der Waals surface area contributed by atoms with E-state index < -0.39 is 18.0 Å². The molecule has 0 amide bonds. The number of nitrogens with zero attached hydrogens (tertiary/aromatic N) is 2. The van der Waals surface area contributed by atoms with Gasteiger partial charge in [0.05, 0.1) is 46.6 Å². The molecular formula is C35H30Br2Cl2N2O8S. The molecule has 0 unspecified atom stereocenters.